The number of nitrogens with one attached hydrogen (secondary N) is 2. The van der Waals surface area contributed by atoms with Crippen LogP contribution in [0.3, 0.4) is 0 Å². The Morgan fingerprint density at radius 1 is 1.24 bits per heavy atom. The fraction of sp³-hybridized carbons (Fsp3) is 0.0625. The monoisotopic (exact) mass is 335 g/mol. The maximum atomic E-state index is 12.6. The molecule has 3 aromatic heterocycles. The van der Waals surface area contributed by atoms with Crippen LogP contribution in [0.25, 0.3) is 16.7 Å². The quantitative estimate of drug-likeness (QED) is 0.582. The first-order chi connectivity index (χ1) is 12.1. The lowest BCUT2D eigenvalue weighted by Crippen LogP contribution is -2.24. The Balaban J connectivity index is 1.66. The summed E-state index contributed by atoms with van der Waals surface area (Å²) in [5, 5.41) is 18.2. The number of benzene rings is 1. The first-order valence-corrected chi connectivity index (χ1v) is 7.45. The van der Waals surface area contributed by atoms with Crippen LogP contribution in [-0.2, 0) is 7.05 Å². The van der Waals surface area contributed by atoms with E-state index in [0.29, 0.717) is 11.4 Å². The lowest BCUT2D eigenvalue weighted by atomic mass is 10.1. The minimum Gasteiger partial charge on any atom is -0.317 e. The highest BCUT2D eigenvalue weighted by molar-refractivity contribution is 6.06. The van der Waals surface area contributed by atoms with Crippen molar-refractivity contribution in [3.8, 4) is 5.82 Å². The summed E-state index contributed by atoms with van der Waals surface area (Å²) in [4.78, 5) is 26.4. The van der Waals surface area contributed by atoms with Crippen molar-refractivity contribution >= 4 is 22.5 Å². The molecule has 2 N–H and O–H groups in total. The van der Waals surface area contributed by atoms with Crippen molar-refractivity contribution in [1.82, 2.24) is 29.8 Å². The molecule has 25 heavy (non-hydrogen) atoms. The Hall–Kier alpha value is -3.75. The molecule has 4 rings (SSSR count). The average Bonchev–Trinajstić information content (AvgIpc) is 3.24. The lowest BCUT2D eigenvalue weighted by molar-refractivity contribution is 0.102. The maximum Gasteiger partial charge on any atom is 0.280 e. The van der Waals surface area contributed by atoms with Gasteiger partial charge in [0.2, 0.25) is 0 Å². The van der Waals surface area contributed by atoms with E-state index in [4.69, 9.17) is 0 Å². The predicted molar refractivity (Wildman–Crippen MR) is 90.6 cm³/mol. The van der Waals surface area contributed by atoms with Crippen molar-refractivity contribution in [2.24, 2.45) is 7.05 Å². The van der Waals surface area contributed by atoms with E-state index >= 15 is 0 Å². The number of aryl methyl sites for hydroxylation is 1. The van der Waals surface area contributed by atoms with E-state index in [1.165, 1.54) is 15.6 Å². The van der Waals surface area contributed by atoms with E-state index in [-0.39, 0.29) is 17.2 Å². The van der Waals surface area contributed by atoms with Crippen molar-refractivity contribution in [3.05, 3.63) is 64.8 Å². The molecule has 3 heterocycles. The van der Waals surface area contributed by atoms with Gasteiger partial charge in [-0.2, -0.15) is 15.0 Å². The number of carbonyl (C=O) groups is 1. The lowest BCUT2D eigenvalue weighted by Gasteiger charge is -2.07. The molecular formula is C16H13N7O2. The topological polar surface area (TPSA) is 110 Å². The molecule has 1 amide bonds. The van der Waals surface area contributed by atoms with Crippen molar-refractivity contribution in [1.29, 1.82) is 0 Å². The molecule has 0 aliphatic carbocycles. The summed E-state index contributed by atoms with van der Waals surface area (Å²) in [6.07, 6.45) is 4.68. The summed E-state index contributed by atoms with van der Waals surface area (Å²) in [5.41, 5.74) is 1.04. The van der Waals surface area contributed by atoms with Gasteiger partial charge in [0.05, 0.1) is 17.9 Å². The number of pyridine rings is 1. The number of fused-ring (bicyclic) bond motifs is 1. The summed E-state index contributed by atoms with van der Waals surface area (Å²) in [6.45, 7) is 0. The molecular weight excluding hydrogens is 322 g/mol. The van der Waals surface area contributed by atoms with Crippen LogP contribution in [0.4, 0.5) is 5.69 Å². The van der Waals surface area contributed by atoms with Gasteiger partial charge in [-0.1, -0.05) is 0 Å². The van der Waals surface area contributed by atoms with Crippen LogP contribution in [0.2, 0.25) is 0 Å². The van der Waals surface area contributed by atoms with E-state index in [1.807, 2.05) is 0 Å². The zero-order chi connectivity index (χ0) is 17.4. The van der Waals surface area contributed by atoms with Gasteiger partial charge in [-0.15, -0.1) is 5.10 Å². The van der Waals surface area contributed by atoms with E-state index < -0.39 is 0 Å². The van der Waals surface area contributed by atoms with Crippen molar-refractivity contribution in [3.63, 3.8) is 0 Å². The molecule has 124 valence electrons. The van der Waals surface area contributed by atoms with Crippen LogP contribution in [0.1, 0.15) is 10.4 Å². The summed E-state index contributed by atoms with van der Waals surface area (Å²) in [5.74, 6) is 0.000474. The van der Waals surface area contributed by atoms with Crippen LogP contribution in [0.15, 0.2) is 53.7 Å². The minimum absolute atomic E-state index is 0.158. The molecule has 0 saturated carbocycles. The molecule has 0 bridgehead atoms. The molecule has 0 unspecified atom stereocenters. The summed E-state index contributed by atoms with van der Waals surface area (Å²) in [7, 11) is 1.66. The number of anilines is 1. The normalized spacial score (nSPS) is 10.9. The minimum atomic E-state index is -0.388. The zero-order valence-electron chi connectivity index (χ0n) is 13.2. The first kappa shape index (κ1) is 14.8. The molecule has 0 spiro atoms. The number of nitrogens with zero attached hydrogens (tertiary/aromatic N) is 5. The standard InChI is InChI=1S/C16H13N7O2/c1-22-18-9-14(21-22)23-6-2-3-13(16(23)25)19-15(24)10-4-5-12-11(7-10)8-17-20-12/h2-9H,1H3,(H,17,20)(H,19,24). The van der Waals surface area contributed by atoms with Gasteiger partial charge in [0.1, 0.15) is 5.69 Å². The second kappa shape index (κ2) is 5.71. The molecule has 0 fully saturated rings. The van der Waals surface area contributed by atoms with Gasteiger partial charge in [-0.3, -0.25) is 19.3 Å². The number of amides is 1. The Bertz CT molecular complexity index is 1140. The highest BCUT2D eigenvalue weighted by Crippen LogP contribution is 2.14. The maximum absolute atomic E-state index is 12.6. The summed E-state index contributed by atoms with van der Waals surface area (Å²) in [6, 6.07) is 8.34. The molecule has 0 atom stereocenters. The third-order valence-corrected chi connectivity index (χ3v) is 3.73. The molecule has 9 nitrogen and oxygen atoms in total. The Morgan fingerprint density at radius 3 is 2.92 bits per heavy atom. The van der Waals surface area contributed by atoms with Crippen LogP contribution in [0, 0.1) is 0 Å². The largest absolute Gasteiger partial charge is 0.317 e. The SMILES string of the molecule is Cn1ncc(-n2cccc(NC(=O)c3ccc4[nH]ncc4c3)c2=O)n1. The number of rotatable bonds is 3. The summed E-state index contributed by atoms with van der Waals surface area (Å²) < 4.78 is 1.32. The fourth-order valence-corrected chi connectivity index (χ4v) is 2.49. The summed E-state index contributed by atoms with van der Waals surface area (Å²) >= 11 is 0. The third-order valence-electron chi connectivity index (χ3n) is 3.73. The fourth-order valence-electron chi connectivity index (χ4n) is 2.49. The van der Waals surface area contributed by atoms with Gasteiger partial charge < -0.3 is 5.32 Å². The molecule has 0 aliphatic rings. The van der Waals surface area contributed by atoms with Crippen molar-refractivity contribution in [2.75, 3.05) is 5.32 Å². The van der Waals surface area contributed by atoms with Crippen molar-refractivity contribution < 1.29 is 4.79 Å². The van der Waals surface area contributed by atoms with Gasteiger partial charge >= 0.3 is 0 Å². The second-order valence-corrected chi connectivity index (χ2v) is 5.42. The van der Waals surface area contributed by atoms with Gasteiger partial charge in [0.25, 0.3) is 11.5 Å². The van der Waals surface area contributed by atoms with E-state index in [9.17, 15) is 9.59 Å². The Morgan fingerprint density at radius 2 is 2.12 bits per heavy atom. The van der Waals surface area contributed by atoms with Crippen LogP contribution >= 0.6 is 0 Å². The second-order valence-electron chi connectivity index (χ2n) is 5.42. The average molecular weight is 335 g/mol. The zero-order valence-corrected chi connectivity index (χ0v) is 13.2. The number of aromatic amines is 1. The van der Waals surface area contributed by atoms with E-state index in [2.05, 4.69) is 25.7 Å². The van der Waals surface area contributed by atoms with Crippen molar-refractivity contribution in [2.45, 2.75) is 0 Å². The Labute approximate surface area is 140 Å². The van der Waals surface area contributed by atoms with Crippen LogP contribution < -0.4 is 10.9 Å². The number of carbonyl (C=O) groups excluding carboxylic acids is 1. The number of aromatic nitrogens is 6. The number of hydrogen-bond acceptors (Lipinski definition) is 5. The smallest absolute Gasteiger partial charge is 0.280 e. The molecule has 0 aliphatic heterocycles. The van der Waals surface area contributed by atoms with E-state index in [0.717, 1.165) is 10.9 Å². The van der Waals surface area contributed by atoms with Crippen LogP contribution in [0.5, 0.6) is 0 Å². The molecule has 0 radical (unpaired) electrons. The number of hydrogen-bond donors (Lipinski definition) is 2. The predicted octanol–water partition coefficient (Wildman–Crippen LogP) is 1.09. The molecule has 4 aromatic rings. The molecule has 1 aromatic carbocycles. The van der Waals surface area contributed by atoms with E-state index in [1.54, 1.807) is 49.8 Å². The van der Waals surface area contributed by atoms with Gasteiger partial charge in [0, 0.05) is 24.2 Å². The van der Waals surface area contributed by atoms with Gasteiger partial charge in [-0.05, 0) is 30.3 Å². The Kier molecular flexibility index (Phi) is 3.38. The highest BCUT2D eigenvalue weighted by Gasteiger charge is 2.12. The number of H-pyrrole nitrogens is 1. The molecule has 9 heteroatoms. The third kappa shape index (κ3) is 2.67. The van der Waals surface area contributed by atoms with Crippen LogP contribution in [-0.4, -0.2) is 35.7 Å². The van der Waals surface area contributed by atoms with Gasteiger partial charge in [-0.25, -0.2) is 0 Å². The van der Waals surface area contributed by atoms with Gasteiger partial charge in [0.15, 0.2) is 5.82 Å². The first-order valence-electron chi connectivity index (χ1n) is 7.45. The highest BCUT2D eigenvalue weighted by atomic mass is 16.2. The molecule has 0 saturated heterocycles.